The number of alkyl halides is 6. The van der Waals surface area contributed by atoms with Crippen molar-refractivity contribution in [3.8, 4) is 5.88 Å². The van der Waals surface area contributed by atoms with Gasteiger partial charge in [0.15, 0.2) is 17.4 Å². The first-order valence-electron chi connectivity index (χ1n) is 5.46. The smallest absolute Gasteiger partial charge is 0.435 e. The van der Waals surface area contributed by atoms with Gasteiger partial charge in [0, 0.05) is 19.0 Å². The van der Waals surface area contributed by atoms with Crippen molar-refractivity contribution >= 4 is 17.7 Å². The second-order valence-corrected chi connectivity index (χ2v) is 4.55. The Hall–Kier alpha value is -1.39. The molecule has 0 bridgehead atoms. The lowest BCUT2D eigenvalue weighted by Crippen LogP contribution is -2.20. The Morgan fingerprint density at radius 3 is 2.29 bits per heavy atom. The monoisotopic (exact) mass is 336 g/mol. The zero-order valence-electron chi connectivity index (χ0n) is 10.5. The van der Waals surface area contributed by atoms with Gasteiger partial charge >= 0.3 is 12.4 Å². The molecule has 0 unspecified atom stereocenters. The molecule has 0 aliphatic carbocycles. The summed E-state index contributed by atoms with van der Waals surface area (Å²) >= 11 is 3.41. The Kier molecular flexibility index (Phi) is 5.18. The third-order valence-corrected chi connectivity index (χ3v) is 2.54. The van der Waals surface area contributed by atoms with Gasteiger partial charge in [-0.2, -0.15) is 31.4 Å². The molecule has 21 heavy (non-hydrogen) atoms. The van der Waals surface area contributed by atoms with E-state index in [1.165, 1.54) is 0 Å². The molecule has 1 heterocycles. The van der Waals surface area contributed by atoms with Gasteiger partial charge in [0.1, 0.15) is 0 Å². The van der Waals surface area contributed by atoms with E-state index < -0.39 is 47.6 Å². The Morgan fingerprint density at radius 1 is 1.29 bits per heavy atom. The number of hydrogen-bond donors (Lipinski definition) is 1. The number of carbonyl (C=O) groups excluding carboxylic acids is 1. The minimum Gasteiger partial charge on any atom is -0.468 e. The van der Waals surface area contributed by atoms with E-state index in [0.717, 1.165) is 7.05 Å². The summed E-state index contributed by atoms with van der Waals surface area (Å²) in [5.74, 6) is -0.672. The predicted octanol–water partition coefficient (Wildman–Crippen LogP) is 2.77. The first-order valence-corrected chi connectivity index (χ1v) is 5.91. The number of thiol groups is 1. The zero-order chi connectivity index (χ0) is 16.4. The van der Waals surface area contributed by atoms with Crippen molar-refractivity contribution in [3.05, 3.63) is 11.3 Å². The number of ether oxygens (including phenoxy) is 1. The van der Waals surface area contributed by atoms with E-state index in [1.807, 2.05) is 0 Å². The molecule has 1 aromatic rings. The van der Waals surface area contributed by atoms with Crippen molar-refractivity contribution in [2.24, 2.45) is 7.05 Å². The second-order valence-electron chi connectivity index (χ2n) is 4.05. The third kappa shape index (κ3) is 5.14. The van der Waals surface area contributed by atoms with Crippen LogP contribution in [0.15, 0.2) is 0 Å². The molecule has 120 valence electrons. The maximum atomic E-state index is 12.8. The molecule has 0 saturated heterocycles. The van der Waals surface area contributed by atoms with Crippen molar-refractivity contribution < 1.29 is 35.9 Å². The molecule has 0 aliphatic heterocycles. The SMILES string of the molecule is Cn1nc(C(F)(F)F)c(CCC(=O)S)c1OCC(F)(F)F. The molecule has 1 rings (SSSR count). The van der Waals surface area contributed by atoms with Crippen LogP contribution in [-0.4, -0.2) is 27.7 Å². The highest BCUT2D eigenvalue weighted by atomic mass is 32.1. The summed E-state index contributed by atoms with van der Waals surface area (Å²) in [7, 11) is 1.02. The van der Waals surface area contributed by atoms with Crippen LogP contribution in [-0.2, 0) is 24.4 Å². The summed E-state index contributed by atoms with van der Waals surface area (Å²) in [5.41, 5.74) is -1.98. The number of aromatic nitrogens is 2. The summed E-state index contributed by atoms with van der Waals surface area (Å²) < 4.78 is 79.6. The van der Waals surface area contributed by atoms with E-state index in [2.05, 4.69) is 22.5 Å². The summed E-state index contributed by atoms with van der Waals surface area (Å²) in [4.78, 5) is 10.7. The molecule has 11 heteroatoms. The summed E-state index contributed by atoms with van der Waals surface area (Å²) in [6.45, 7) is -1.76. The molecule has 4 nitrogen and oxygen atoms in total. The molecule has 0 saturated carbocycles. The van der Waals surface area contributed by atoms with Crippen molar-refractivity contribution in [2.75, 3.05) is 6.61 Å². The average Bonchev–Trinajstić information content (AvgIpc) is 2.59. The van der Waals surface area contributed by atoms with Crippen LogP contribution < -0.4 is 4.74 Å². The van der Waals surface area contributed by atoms with Crippen molar-refractivity contribution in [2.45, 2.75) is 25.2 Å². The van der Waals surface area contributed by atoms with Gasteiger partial charge in [0.05, 0.1) is 0 Å². The predicted molar refractivity (Wildman–Crippen MR) is 62.1 cm³/mol. The van der Waals surface area contributed by atoms with Gasteiger partial charge in [-0.05, 0) is 6.42 Å². The second kappa shape index (κ2) is 6.16. The van der Waals surface area contributed by atoms with Gasteiger partial charge in [-0.15, -0.1) is 12.6 Å². The molecule has 0 atom stereocenters. The van der Waals surface area contributed by atoms with Crippen LogP contribution >= 0.6 is 12.6 Å². The van der Waals surface area contributed by atoms with E-state index in [-0.39, 0.29) is 6.42 Å². The number of carbonyl (C=O) groups is 1. The van der Waals surface area contributed by atoms with E-state index in [4.69, 9.17) is 0 Å². The fourth-order valence-corrected chi connectivity index (χ4v) is 1.68. The Labute approximate surface area is 120 Å². The number of halogens is 6. The standard InChI is InChI=1S/C10H10F6N2O2S/c1-18-8(20-4-9(11,12)13)5(2-3-6(19)21)7(17-18)10(14,15)16/h2-4H2,1H3,(H,19,21). The van der Waals surface area contributed by atoms with Crippen LogP contribution in [0.3, 0.4) is 0 Å². The van der Waals surface area contributed by atoms with Crippen LogP contribution in [0, 0.1) is 0 Å². The normalized spacial score (nSPS) is 12.6. The van der Waals surface area contributed by atoms with Gasteiger partial charge < -0.3 is 4.74 Å². The van der Waals surface area contributed by atoms with E-state index in [0.29, 0.717) is 4.68 Å². The largest absolute Gasteiger partial charge is 0.468 e. The van der Waals surface area contributed by atoms with Crippen molar-refractivity contribution in [1.29, 1.82) is 0 Å². The lowest BCUT2D eigenvalue weighted by molar-refractivity contribution is -0.154. The minimum absolute atomic E-state index is 0.389. The molecular formula is C10H10F6N2O2S. The van der Waals surface area contributed by atoms with Gasteiger partial charge in [0.25, 0.3) is 0 Å². The fraction of sp³-hybridized carbons (Fsp3) is 0.600. The van der Waals surface area contributed by atoms with Crippen LogP contribution in [0.1, 0.15) is 17.7 Å². The van der Waals surface area contributed by atoms with E-state index in [1.54, 1.807) is 0 Å². The maximum absolute atomic E-state index is 12.8. The van der Waals surface area contributed by atoms with Crippen LogP contribution in [0.4, 0.5) is 26.3 Å². The molecule has 0 radical (unpaired) electrons. The van der Waals surface area contributed by atoms with Crippen LogP contribution in [0.5, 0.6) is 5.88 Å². The van der Waals surface area contributed by atoms with E-state index >= 15 is 0 Å². The van der Waals surface area contributed by atoms with Crippen molar-refractivity contribution in [3.63, 3.8) is 0 Å². The Bertz CT molecular complexity index is 523. The molecule has 0 aromatic carbocycles. The molecular weight excluding hydrogens is 326 g/mol. The van der Waals surface area contributed by atoms with Gasteiger partial charge in [-0.25, -0.2) is 4.68 Å². The number of hydrogen-bond acceptors (Lipinski definition) is 3. The molecule has 1 aromatic heterocycles. The van der Waals surface area contributed by atoms with Gasteiger partial charge in [0.2, 0.25) is 5.88 Å². The van der Waals surface area contributed by atoms with Gasteiger partial charge in [-0.3, -0.25) is 4.79 Å². The Balaban J connectivity index is 3.15. The summed E-state index contributed by atoms with van der Waals surface area (Å²) in [6, 6.07) is 0. The lowest BCUT2D eigenvalue weighted by Gasteiger charge is -2.11. The van der Waals surface area contributed by atoms with Crippen molar-refractivity contribution in [1.82, 2.24) is 9.78 Å². The number of rotatable bonds is 5. The highest BCUT2D eigenvalue weighted by molar-refractivity contribution is 7.96. The molecule has 0 N–H and O–H groups in total. The quantitative estimate of drug-likeness (QED) is 0.664. The zero-order valence-corrected chi connectivity index (χ0v) is 11.4. The Morgan fingerprint density at radius 2 is 1.86 bits per heavy atom. The van der Waals surface area contributed by atoms with E-state index in [9.17, 15) is 31.1 Å². The van der Waals surface area contributed by atoms with Crippen LogP contribution in [0.2, 0.25) is 0 Å². The number of aryl methyl sites for hydroxylation is 1. The minimum atomic E-state index is -4.87. The highest BCUT2D eigenvalue weighted by Crippen LogP contribution is 2.36. The third-order valence-electron chi connectivity index (χ3n) is 2.32. The molecule has 0 amide bonds. The summed E-state index contributed by atoms with van der Waals surface area (Å²) in [6.07, 6.45) is -10.4. The summed E-state index contributed by atoms with van der Waals surface area (Å²) in [5, 5.41) is 2.42. The number of nitrogens with zero attached hydrogens (tertiary/aromatic N) is 2. The van der Waals surface area contributed by atoms with Crippen LogP contribution in [0.25, 0.3) is 0 Å². The topological polar surface area (TPSA) is 44.1 Å². The molecule has 0 aliphatic rings. The first-order chi connectivity index (χ1) is 9.42. The lowest BCUT2D eigenvalue weighted by atomic mass is 10.1. The average molecular weight is 336 g/mol. The maximum Gasteiger partial charge on any atom is 0.435 e. The first kappa shape index (κ1) is 17.7. The highest BCUT2D eigenvalue weighted by Gasteiger charge is 2.40. The van der Waals surface area contributed by atoms with Gasteiger partial charge in [-0.1, -0.05) is 0 Å². The fourth-order valence-electron chi connectivity index (χ4n) is 1.57. The molecule has 0 spiro atoms. The molecule has 0 fully saturated rings.